The van der Waals surface area contributed by atoms with Crippen molar-refractivity contribution in [3.05, 3.63) is 16.3 Å². The number of anilines is 1. The maximum Gasteiger partial charge on any atom is 0.350 e. The van der Waals surface area contributed by atoms with Crippen LogP contribution in [0.4, 0.5) is 5.69 Å². The van der Waals surface area contributed by atoms with Crippen molar-refractivity contribution in [2.45, 2.75) is 24.5 Å². The summed E-state index contributed by atoms with van der Waals surface area (Å²) in [5.74, 6) is 0.565. The zero-order chi connectivity index (χ0) is 13.2. The summed E-state index contributed by atoms with van der Waals surface area (Å²) >= 11 is 2.94. The fourth-order valence-electron chi connectivity index (χ4n) is 1.87. The Morgan fingerprint density at radius 2 is 2.28 bits per heavy atom. The standard InChI is InChI=1S/C12H15NO3S2/c1-12(5-3-6-18-12)11(15)13-8-4-7-17-9(8)10(14)16-2/h4,7H,3,5-6H2,1-2H3,(H,13,15). The van der Waals surface area contributed by atoms with Crippen molar-refractivity contribution in [1.29, 1.82) is 0 Å². The lowest BCUT2D eigenvalue weighted by molar-refractivity contribution is -0.118. The van der Waals surface area contributed by atoms with Crippen molar-refractivity contribution in [3.63, 3.8) is 0 Å². The number of nitrogens with one attached hydrogen (secondary N) is 1. The minimum absolute atomic E-state index is 0.0337. The number of carbonyl (C=O) groups is 2. The van der Waals surface area contributed by atoms with Crippen LogP contribution in [0.15, 0.2) is 11.4 Å². The molecule has 1 saturated heterocycles. The fourth-order valence-corrected chi connectivity index (χ4v) is 3.85. The number of esters is 1. The van der Waals surface area contributed by atoms with Gasteiger partial charge in [0.05, 0.1) is 17.5 Å². The minimum Gasteiger partial charge on any atom is -0.465 e. The summed E-state index contributed by atoms with van der Waals surface area (Å²) in [4.78, 5) is 24.2. The number of thioether (sulfide) groups is 1. The normalized spacial score (nSPS) is 22.8. The van der Waals surface area contributed by atoms with Crippen LogP contribution in [0.1, 0.15) is 29.4 Å². The molecular weight excluding hydrogens is 270 g/mol. The maximum atomic E-state index is 12.2. The topological polar surface area (TPSA) is 55.4 Å². The second kappa shape index (κ2) is 5.32. The lowest BCUT2D eigenvalue weighted by atomic mass is 10.0. The first-order valence-electron chi connectivity index (χ1n) is 5.68. The summed E-state index contributed by atoms with van der Waals surface area (Å²) in [5, 5.41) is 4.61. The van der Waals surface area contributed by atoms with E-state index in [-0.39, 0.29) is 10.7 Å². The molecule has 2 rings (SSSR count). The minimum atomic E-state index is -0.412. The monoisotopic (exact) mass is 285 g/mol. The van der Waals surface area contributed by atoms with Gasteiger partial charge in [0.15, 0.2) is 0 Å². The molecule has 0 aliphatic carbocycles. The van der Waals surface area contributed by atoms with E-state index >= 15 is 0 Å². The number of carbonyl (C=O) groups excluding carboxylic acids is 2. The van der Waals surface area contributed by atoms with Gasteiger partial charge >= 0.3 is 5.97 Å². The van der Waals surface area contributed by atoms with Gasteiger partial charge in [-0.25, -0.2) is 4.79 Å². The second-order valence-corrected chi connectivity index (χ2v) is 6.81. The summed E-state index contributed by atoms with van der Waals surface area (Å²) in [6.07, 6.45) is 1.93. The number of thiophene rings is 1. The Morgan fingerprint density at radius 1 is 1.50 bits per heavy atom. The van der Waals surface area contributed by atoms with E-state index < -0.39 is 5.97 Å². The summed E-state index contributed by atoms with van der Waals surface area (Å²) in [6.45, 7) is 1.95. The molecule has 98 valence electrons. The summed E-state index contributed by atoms with van der Waals surface area (Å²) in [6, 6.07) is 1.73. The first-order valence-corrected chi connectivity index (χ1v) is 7.54. The van der Waals surface area contributed by atoms with Crippen LogP contribution in [0.5, 0.6) is 0 Å². The molecule has 0 aromatic carbocycles. The van der Waals surface area contributed by atoms with Crippen LogP contribution >= 0.6 is 23.1 Å². The first-order chi connectivity index (χ1) is 8.57. The van der Waals surface area contributed by atoms with Crippen LogP contribution in [0.25, 0.3) is 0 Å². The number of hydrogen-bond donors (Lipinski definition) is 1. The molecule has 6 heteroatoms. The Bertz CT molecular complexity index is 464. The smallest absolute Gasteiger partial charge is 0.350 e. The van der Waals surface area contributed by atoms with E-state index in [1.54, 1.807) is 23.2 Å². The first kappa shape index (κ1) is 13.4. The van der Waals surface area contributed by atoms with Crippen molar-refractivity contribution < 1.29 is 14.3 Å². The van der Waals surface area contributed by atoms with E-state index in [0.29, 0.717) is 10.6 Å². The van der Waals surface area contributed by atoms with Crippen LogP contribution in [0.2, 0.25) is 0 Å². The average molecular weight is 285 g/mol. The highest BCUT2D eigenvalue weighted by atomic mass is 32.2. The quantitative estimate of drug-likeness (QED) is 0.868. The van der Waals surface area contributed by atoms with Crippen LogP contribution in [-0.4, -0.2) is 29.5 Å². The molecule has 18 heavy (non-hydrogen) atoms. The van der Waals surface area contributed by atoms with Crippen molar-refractivity contribution in [2.24, 2.45) is 0 Å². The predicted octanol–water partition coefficient (Wildman–Crippen LogP) is 2.76. The number of rotatable bonds is 3. The van der Waals surface area contributed by atoms with Gasteiger partial charge in [-0.15, -0.1) is 23.1 Å². The van der Waals surface area contributed by atoms with E-state index in [1.807, 2.05) is 6.92 Å². The number of methoxy groups -OCH3 is 1. The van der Waals surface area contributed by atoms with Gasteiger partial charge in [-0.1, -0.05) is 0 Å². The highest BCUT2D eigenvalue weighted by molar-refractivity contribution is 8.01. The molecule has 1 aliphatic heterocycles. The average Bonchev–Trinajstić information content (AvgIpc) is 2.98. The molecule has 1 aromatic rings. The van der Waals surface area contributed by atoms with Gasteiger partial charge in [0.2, 0.25) is 5.91 Å². The molecule has 1 fully saturated rings. The summed E-state index contributed by atoms with van der Waals surface area (Å²) < 4.78 is 4.30. The molecule has 1 N–H and O–H groups in total. The van der Waals surface area contributed by atoms with Crippen LogP contribution in [0.3, 0.4) is 0 Å². The van der Waals surface area contributed by atoms with Crippen molar-refractivity contribution in [2.75, 3.05) is 18.2 Å². The fraction of sp³-hybridized carbons (Fsp3) is 0.500. The van der Waals surface area contributed by atoms with Crippen LogP contribution < -0.4 is 5.32 Å². The second-order valence-electron chi connectivity index (χ2n) is 4.29. The molecule has 0 saturated carbocycles. The van der Waals surface area contributed by atoms with E-state index in [1.165, 1.54) is 18.4 Å². The van der Waals surface area contributed by atoms with Gasteiger partial charge in [-0.05, 0) is 37.0 Å². The molecular formula is C12H15NO3S2. The summed E-state index contributed by atoms with van der Waals surface area (Å²) in [5.41, 5.74) is 0.547. The van der Waals surface area contributed by atoms with Gasteiger partial charge in [0, 0.05) is 0 Å². The van der Waals surface area contributed by atoms with E-state index in [0.717, 1.165) is 18.6 Å². The highest BCUT2D eigenvalue weighted by Gasteiger charge is 2.37. The molecule has 1 unspecified atom stereocenters. The van der Waals surface area contributed by atoms with E-state index in [4.69, 9.17) is 0 Å². The Balaban J connectivity index is 2.12. The maximum absolute atomic E-state index is 12.2. The Morgan fingerprint density at radius 3 is 2.89 bits per heavy atom. The molecule has 1 aliphatic rings. The molecule has 1 atom stereocenters. The third-order valence-corrected chi connectivity index (χ3v) is 5.40. The molecule has 1 amide bonds. The van der Waals surface area contributed by atoms with Crippen LogP contribution in [0, 0.1) is 0 Å². The lowest BCUT2D eigenvalue weighted by Crippen LogP contribution is -2.34. The van der Waals surface area contributed by atoms with Gasteiger partial charge in [0.1, 0.15) is 4.88 Å². The largest absolute Gasteiger partial charge is 0.465 e. The zero-order valence-corrected chi connectivity index (χ0v) is 12.0. The molecule has 0 radical (unpaired) electrons. The Labute approximate surface area is 114 Å². The Hall–Kier alpha value is -1.01. The third kappa shape index (κ3) is 2.54. The van der Waals surface area contributed by atoms with Gasteiger partial charge in [-0.3, -0.25) is 4.79 Å². The third-order valence-electron chi connectivity index (χ3n) is 2.98. The molecule has 0 bridgehead atoms. The molecule has 2 heterocycles. The van der Waals surface area contributed by atoms with Crippen molar-refractivity contribution in [1.82, 2.24) is 0 Å². The number of ether oxygens (including phenoxy) is 1. The number of amides is 1. The Kier molecular flexibility index (Phi) is 3.97. The molecule has 1 aromatic heterocycles. The lowest BCUT2D eigenvalue weighted by Gasteiger charge is -2.21. The van der Waals surface area contributed by atoms with E-state index in [2.05, 4.69) is 10.1 Å². The van der Waals surface area contributed by atoms with Crippen molar-refractivity contribution >= 4 is 40.7 Å². The van der Waals surface area contributed by atoms with Gasteiger partial charge in [0.25, 0.3) is 0 Å². The number of hydrogen-bond acceptors (Lipinski definition) is 5. The van der Waals surface area contributed by atoms with Crippen LogP contribution in [-0.2, 0) is 9.53 Å². The molecule has 0 spiro atoms. The molecule has 4 nitrogen and oxygen atoms in total. The van der Waals surface area contributed by atoms with Gasteiger partial charge < -0.3 is 10.1 Å². The summed E-state index contributed by atoms with van der Waals surface area (Å²) in [7, 11) is 1.34. The highest BCUT2D eigenvalue weighted by Crippen LogP contribution is 2.39. The van der Waals surface area contributed by atoms with Gasteiger partial charge in [-0.2, -0.15) is 0 Å². The predicted molar refractivity (Wildman–Crippen MR) is 74.4 cm³/mol. The SMILES string of the molecule is COC(=O)c1sccc1NC(=O)C1(C)CCCS1. The zero-order valence-electron chi connectivity index (χ0n) is 10.3. The van der Waals surface area contributed by atoms with E-state index in [9.17, 15) is 9.59 Å². The van der Waals surface area contributed by atoms with Crippen molar-refractivity contribution in [3.8, 4) is 0 Å².